The molecule has 0 saturated heterocycles. The third-order valence-corrected chi connectivity index (χ3v) is 2.43. The fraction of sp³-hybridized carbons (Fsp3) is 0.333. The second-order valence-corrected chi connectivity index (χ2v) is 3.52. The normalized spacial score (nSPS) is 13.2. The largest absolute Gasteiger partial charge is 0.417 e. The smallest absolute Gasteiger partial charge is 0.192 e. The molecule has 0 amide bonds. The number of benzene rings is 1. The summed E-state index contributed by atoms with van der Waals surface area (Å²) in [5.41, 5.74) is -0.719. The molecule has 0 bridgehead atoms. The Morgan fingerprint density at radius 3 is 2.50 bits per heavy atom. The first kappa shape index (κ1) is 12.6. The summed E-state index contributed by atoms with van der Waals surface area (Å²) < 4.78 is 37.8. The van der Waals surface area contributed by atoms with Crippen LogP contribution >= 0.6 is 0 Å². The van der Waals surface area contributed by atoms with Gasteiger partial charge in [0, 0.05) is 0 Å². The lowest BCUT2D eigenvalue weighted by atomic mass is 9.94. The highest BCUT2D eigenvalue weighted by atomic mass is 19.4. The molecule has 0 spiro atoms. The zero-order valence-electron chi connectivity index (χ0n) is 8.80. The van der Waals surface area contributed by atoms with Crippen molar-refractivity contribution in [2.45, 2.75) is 25.4 Å². The predicted molar refractivity (Wildman–Crippen MR) is 54.5 cm³/mol. The average molecular weight is 226 g/mol. The molecule has 0 aliphatic heterocycles. The fourth-order valence-electron chi connectivity index (χ4n) is 1.38. The van der Waals surface area contributed by atoms with Crippen molar-refractivity contribution < 1.29 is 13.2 Å². The standard InChI is InChI=1S/C12H11F3N/c1-3-8(2)9-4-5-10(7-16)11(6-9)12(13,14)15/h4-6,8H,2-3H2,1H3. The zero-order valence-corrected chi connectivity index (χ0v) is 8.80. The van der Waals surface area contributed by atoms with Crippen molar-refractivity contribution in [2.24, 2.45) is 0 Å². The molecule has 1 nitrogen and oxygen atoms in total. The lowest BCUT2D eigenvalue weighted by Gasteiger charge is -2.13. The van der Waals surface area contributed by atoms with E-state index in [1.807, 2.05) is 6.92 Å². The minimum Gasteiger partial charge on any atom is -0.192 e. The van der Waals surface area contributed by atoms with E-state index < -0.39 is 11.7 Å². The quantitative estimate of drug-likeness (QED) is 0.750. The number of hydrogen-bond donors (Lipinski definition) is 0. The van der Waals surface area contributed by atoms with E-state index >= 15 is 0 Å². The van der Waals surface area contributed by atoms with Crippen molar-refractivity contribution >= 4 is 0 Å². The van der Waals surface area contributed by atoms with Gasteiger partial charge in [0.15, 0.2) is 0 Å². The summed E-state index contributed by atoms with van der Waals surface area (Å²) in [6, 6.07) is 5.28. The first-order chi connectivity index (χ1) is 7.40. The van der Waals surface area contributed by atoms with E-state index in [2.05, 4.69) is 6.92 Å². The summed E-state index contributed by atoms with van der Waals surface area (Å²) in [5, 5.41) is 8.60. The predicted octanol–water partition coefficient (Wildman–Crippen LogP) is 3.90. The first-order valence-corrected chi connectivity index (χ1v) is 4.84. The van der Waals surface area contributed by atoms with Crippen LogP contribution in [0.1, 0.15) is 36.0 Å². The molecule has 0 aromatic heterocycles. The molecule has 0 heterocycles. The molecule has 0 saturated carbocycles. The van der Waals surface area contributed by atoms with Gasteiger partial charge < -0.3 is 0 Å². The van der Waals surface area contributed by atoms with E-state index in [0.717, 1.165) is 6.07 Å². The maximum absolute atomic E-state index is 12.6. The van der Waals surface area contributed by atoms with E-state index in [1.54, 1.807) is 6.07 Å². The Balaban J connectivity index is 3.29. The Labute approximate surface area is 92.5 Å². The van der Waals surface area contributed by atoms with Crippen LogP contribution in [0.3, 0.4) is 0 Å². The Hall–Kier alpha value is -1.50. The van der Waals surface area contributed by atoms with Crippen molar-refractivity contribution in [2.75, 3.05) is 0 Å². The molecule has 16 heavy (non-hydrogen) atoms. The molecule has 1 unspecified atom stereocenters. The molecule has 1 aromatic carbocycles. The van der Waals surface area contributed by atoms with E-state index in [-0.39, 0.29) is 11.5 Å². The molecule has 85 valence electrons. The van der Waals surface area contributed by atoms with E-state index in [0.29, 0.717) is 12.0 Å². The molecular weight excluding hydrogens is 215 g/mol. The monoisotopic (exact) mass is 226 g/mol. The van der Waals surface area contributed by atoms with E-state index in [9.17, 15) is 13.2 Å². The summed E-state index contributed by atoms with van der Waals surface area (Å²) >= 11 is 0. The number of alkyl halides is 3. The SMILES string of the molecule is [CH2]C(CC)c1ccc(C#N)c(C(F)(F)F)c1. The van der Waals surface area contributed by atoms with Gasteiger partial charge in [-0.15, -0.1) is 0 Å². The van der Waals surface area contributed by atoms with Crippen LogP contribution in [0.5, 0.6) is 0 Å². The van der Waals surface area contributed by atoms with Crippen LogP contribution in [-0.4, -0.2) is 0 Å². The molecule has 0 aliphatic carbocycles. The Bertz CT molecular complexity index is 415. The Morgan fingerprint density at radius 1 is 1.44 bits per heavy atom. The molecule has 0 fully saturated rings. The Morgan fingerprint density at radius 2 is 2.06 bits per heavy atom. The van der Waals surface area contributed by atoms with Gasteiger partial charge in [0.05, 0.1) is 17.2 Å². The van der Waals surface area contributed by atoms with Crippen LogP contribution in [0, 0.1) is 18.3 Å². The van der Waals surface area contributed by atoms with Crippen molar-refractivity contribution in [1.29, 1.82) is 5.26 Å². The lowest BCUT2D eigenvalue weighted by Crippen LogP contribution is -2.09. The van der Waals surface area contributed by atoms with Gasteiger partial charge in [-0.1, -0.05) is 13.0 Å². The van der Waals surface area contributed by atoms with Crippen LogP contribution in [0.25, 0.3) is 0 Å². The van der Waals surface area contributed by atoms with Gasteiger partial charge in [-0.05, 0) is 37.0 Å². The van der Waals surface area contributed by atoms with Crippen molar-refractivity contribution in [3.8, 4) is 6.07 Å². The highest BCUT2D eigenvalue weighted by Gasteiger charge is 2.33. The summed E-state index contributed by atoms with van der Waals surface area (Å²) in [5.74, 6) is -0.186. The molecule has 0 N–H and O–H groups in total. The van der Waals surface area contributed by atoms with E-state index in [4.69, 9.17) is 5.26 Å². The molecule has 1 rings (SSSR count). The molecule has 1 atom stereocenters. The molecular formula is C12H11F3N. The van der Waals surface area contributed by atoms with Crippen molar-refractivity contribution in [1.82, 2.24) is 0 Å². The van der Waals surface area contributed by atoms with Gasteiger partial charge in [-0.3, -0.25) is 0 Å². The van der Waals surface area contributed by atoms with Gasteiger partial charge in [-0.25, -0.2) is 0 Å². The molecule has 0 aliphatic rings. The zero-order chi connectivity index (χ0) is 12.3. The highest BCUT2D eigenvalue weighted by Crippen LogP contribution is 2.34. The topological polar surface area (TPSA) is 23.8 Å². The first-order valence-electron chi connectivity index (χ1n) is 4.84. The number of hydrogen-bond acceptors (Lipinski definition) is 1. The summed E-state index contributed by atoms with van der Waals surface area (Å²) in [7, 11) is 0. The van der Waals surface area contributed by atoms with E-state index in [1.165, 1.54) is 12.1 Å². The number of rotatable bonds is 2. The van der Waals surface area contributed by atoms with Crippen molar-refractivity contribution in [3.63, 3.8) is 0 Å². The van der Waals surface area contributed by atoms with Crippen LogP contribution < -0.4 is 0 Å². The van der Waals surface area contributed by atoms with Gasteiger partial charge in [-0.2, -0.15) is 18.4 Å². The molecule has 4 heteroatoms. The minimum absolute atomic E-state index is 0.186. The maximum atomic E-state index is 12.6. The summed E-state index contributed by atoms with van der Waals surface area (Å²) in [4.78, 5) is 0. The second kappa shape index (κ2) is 4.56. The third-order valence-electron chi connectivity index (χ3n) is 2.43. The molecule has 1 radical (unpaired) electrons. The summed E-state index contributed by atoms with van der Waals surface area (Å²) in [6.07, 6.45) is -3.84. The van der Waals surface area contributed by atoms with Crippen LogP contribution in [-0.2, 0) is 6.18 Å². The number of nitriles is 1. The van der Waals surface area contributed by atoms with Gasteiger partial charge in [0.2, 0.25) is 0 Å². The number of halogens is 3. The fourth-order valence-corrected chi connectivity index (χ4v) is 1.38. The minimum atomic E-state index is -4.49. The van der Waals surface area contributed by atoms with Crippen LogP contribution in [0.15, 0.2) is 18.2 Å². The number of nitrogens with zero attached hydrogens (tertiary/aromatic N) is 1. The van der Waals surface area contributed by atoms with Gasteiger partial charge in [0.1, 0.15) is 0 Å². The lowest BCUT2D eigenvalue weighted by molar-refractivity contribution is -0.137. The van der Waals surface area contributed by atoms with Gasteiger partial charge >= 0.3 is 6.18 Å². The van der Waals surface area contributed by atoms with Crippen molar-refractivity contribution in [3.05, 3.63) is 41.8 Å². The second-order valence-electron chi connectivity index (χ2n) is 3.52. The average Bonchev–Trinajstić information content (AvgIpc) is 2.26. The van der Waals surface area contributed by atoms with Gasteiger partial charge in [0.25, 0.3) is 0 Å². The van der Waals surface area contributed by atoms with Crippen LogP contribution in [0.4, 0.5) is 13.2 Å². The third kappa shape index (κ3) is 2.54. The summed E-state index contributed by atoms with van der Waals surface area (Å²) in [6.45, 7) is 5.61. The maximum Gasteiger partial charge on any atom is 0.417 e. The molecule has 1 aromatic rings. The Kier molecular flexibility index (Phi) is 3.58. The van der Waals surface area contributed by atoms with Crippen LogP contribution in [0.2, 0.25) is 0 Å². The highest BCUT2D eigenvalue weighted by molar-refractivity contribution is 5.43.